The minimum absolute atomic E-state index is 0.216. The van der Waals surface area contributed by atoms with E-state index in [0.29, 0.717) is 42.6 Å². The Morgan fingerprint density at radius 2 is 1.79 bits per heavy atom. The summed E-state index contributed by atoms with van der Waals surface area (Å²) < 4.78 is 37.3. The monoisotopic (exact) mass is 424 g/mol. The number of sulfonamides is 1. The van der Waals surface area contributed by atoms with Crippen LogP contribution in [0, 0.1) is 0 Å². The molecule has 0 radical (unpaired) electrons. The summed E-state index contributed by atoms with van der Waals surface area (Å²) in [4.78, 5) is 12.3. The van der Waals surface area contributed by atoms with Gasteiger partial charge in [-0.3, -0.25) is 4.79 Å². The molecule has 150 valence electrons. The Labute approximate surface area is 169 Å². The van der Waals surface area contributed by atoms with E-state index in [1.807, 2.05) is 0 Å². The average Bonchev–Trinajstić information content (AvgIpc) is 2.72. The molecule has 1 heterocycles. The molecule has 0 aliphatic carbocycles. The molecule has 0 unspecified atom stereocenters. The number of hydrogen-bond donors (Lipinski definition) is 1. The van der Waals surface area contributed by atoms with Crippen LogP contribution in [0.3, 0.4) is 0 Å². The summed E-state index contributed by atoms with van der Waals surface area (Å²) in [5, 5.41) is 3.11. The average molecular weight is 425 g/mol. The normalized spacial score (nSPS) is 15.2. The largest absolute Gasteiger partial charge is 0.492 e. The molecule has 1 amide bonds. The highest BCUT2D eigenvalue weighted by atomic mass is 35.5. The summed E-state index contributed by atoms with van der Waals surface area (Å²) in [7, 11) is -3.52. The summed E-state index contributed by atoms with van der Waals surface area (Å²) in [5.74, 6) is 0.245. The lowest BCUT2D eigenvalue weighted by Gasteiger charge is -2.26. The molecular weight excluding hydrogens is 404 g/mol. The maximum absolute atomic E-state index is 12.6. The maximum Gasteiger partial charge on any atom is 0.252 e. The van der Waals surface area contributed by atoms with Gasteiger partial charge in [0.05, 0.1) is 35.2 Å². The zero-order valence-corrected chi connectivity index (χ0v) is 16.7. The Bertz CT molecular complexity index is 912. The van der Waals surface area contributed by atoms with Crippen LogP contribution >= 0.6 is 11.6 Å². The second kappa shape index (κ2) is 9.38. The van der Waals surface area contributed by atoms with Crippen molar-refractivity contribution in [3.8, 4) is 5.75 Å². The molecule has 0 aromatic heterocycles. The van der Waals surface area contributed by atoms with Crippen molar-refractivity contribution in [3.63, 3.8) is 0 Å². The number of nitrogens with zero attached hydrogens (tertiary/aromatic N) is 1. The van der Waals surface area contributed by atoms with Crippen molar-refractivity contribution in [2.75, 3.05) is 39.5 Å². The van der Waals surface area contributed by atoms with Crippen molar-refractivity contribution in [2.45, 2.75) is 4.90 Å². The van der Waals surface area contributed by atoms with Gasteiger partial charge in [-0.1, -0.05) is 23.7 Å². The van der Waals surface area contributed by atoms with Crippen LogP contribution in [-0.4, -0.2) is 58.1 Å². The number of carbonyl (C=O) groups excluding carboxylic acids is 1. The van der Waals surface area contributed by atoms with Gasteiger partial charge in [-0.15, -0.1) is 0 Å². The predicted molar refractivity (Wildman–Crippen MR) is 105 cm³/mol. The van der Waals surface area contributed by atoms with Gasteiger partial charge in [0.15, 0.2) is 0 Å². The van der Waals surface area contributed by atoms with E-state index in [1.54, 1.807) is 36.4 Å². The molecule has 1 aliphatic rings. The van der Waals surface area contributed by atoms with Gasteiger partial charge in [-0.2, -0.15) is 4.31 Å². The maximum atomic E-state index is 12.6. The van der Waals surface area contributed by atoms with Gasteiger partial charge in [-0.05, 0) is 36.4 Å². The topological polar surface area (TPSA) is 84.9 Å². The summed E-state index contributed by atoms with van der Waals surface area (Å²) in [6.07, 6.45) is 0. The minimum atomic E-state index is -3.52. The van der Waals surface area contributed by atoms with Crippen molar-refractivity contribution in [3.05, 3.63) is 59.1 Å². The van der Waals surface area contributed by atoms with E-state index in [9.17, 15) is 13.2 Å². The second-order valence-corrected chi connectivity index (χ2v) is 8.42. The number of amides is 1. The lowest BCUT2D eigenvalue weighted by molar-refractivity contribution is 0.0730. The molecule has 1 saturated heterocycles. The van der Waals surface area contributed by atoms with Crippen LogP contribution in [0.2, 0.25) is 5.02 Å². The zero-order valence-electron chi connectivity index (χ0n) is 15.1. The Kier molecular flexibility index (Phi) is 6.90. The number of morpholine rings is 1. The molecule has 0 spiro atoms. The molecule has 1 N–H and O–H groups in total. The molecule has 1 aliphatic heterocycles. The Morgan fingerprint density at radius 1 is 1.11 bits per heavy atom. The van der Waals surface area contributed by atoms with Gasteiger partial charge in [0, 0.05) is 13.1 Å². The van der Waals surface area contributed by atoms with E-state index in [-0.39, 0.29) is 24.0 Å². The van der Waals surface area contributed by atoms with Gasteiger partial charge in [0.1, 0.15) is 12.4 Å². The Hall–Kier alpha value is -2.13. The molecule has 7 nitrogen and oxygen atoms in total. The highest BCUT2D eigenvalue weighted by Crippen LogP contribution is 2.20. The third-order valence-corrected chi connectivity index (χ3v) is 6.45. The smallest absolute Gasteiger partial charge is 0.252 e. The molecule has 2 aromatic rings. The number of benzene rings is 2. The molecule has 9 heteroatoms. The van der Waals surface area contributed by atoms with Crippen LogP contribution < -0.4 is 10.1 Å². The number of hydrogen-bond acceptors (Lipinski definition) is 5. The lowest BCUT2D eigenvalue weighted by atomic mass is 10.2. The summed E-state index contributed by atoms with van der Waals surface area (Å²) in [6, 6.07) is 13.0. The second-order valence-electron chi connectivity index (χ2n) is 6.07. The first-order valence-electron chi connectivity index (χ1n) is 8.82. The fraction of sp³-hybridized carbons (Fsp3) is 0.316. The number of halogens is 1. The highest BCUT2D eigenvalue weighted by molar-refractivity contribution is 7.89. The van der Waals surface area contributed by atoms with Gasteiger partial charge in [0.25, 0.3) is 5.91 Å². The fourth-order valence-electron chi connectivity index (χ4n) is 2.72. The zero-order chi connectivity index (χ0) is 20.0. The summed E-state index contributed by atoms with van der Waals surface area (Å²) >= 11 is 5.98. The van der Waals surface area contributed by atoms with Gasteiger partial charge in [0.2, 0.25) is 10.0 Å². The number of carbonyl (C=O) groups is 1. The number of rotatable bonds is 7. The quantitative estimate of drug-likeness (QED) is 0.688. The van der Waals surface area contributed by atoms with E-state index in [1.165, 1.54) is 16.4 Å². The van der Waals surface area contributed by atoms with Crippen LogP contribution in [0.4, 0.5) is 0 Å². The van der Waals surface area contributed by atoms with Gasteiger partial charge >= 0.3 is 0 Å². The minimum Gasteiger partial charge on any atom is -0.492 e. The third-order valence-electron chi connectivity index (χ3n) is 4.21. The molecule has 1 fully saturated rings. The van der Waals surface area contributed by atoms with Crippen LogP contribution in [0.15, 0.2) is 53.4 Å². The Morgan fingerprint density at radius 3 is 2.46 bits per heavy atom. The van der Waals surface area contributed by atoms with E-state index >= 15 is 0 Å². The van der Waals surface area contributed by atoms with Crippen molar-refractivity contribution < 1.29 is 22.7 Å². The standard InChI is InChI=1S/C19H21ClN2O5S/c20-18-4-2-1-3-17(18)19(23)21-9-12-27-15-5-7-16(8-6-15)28(24,25)22-10-13-26-14-11-22/h1-8H,9-14H2,(H,21,23). The molecule has 0 atom stereocenters. The first-order chi connectivity index (χ1) is 13.5. The molecule has 3 rings (SSSR count). The van der Waals surface area contributed by atoms with E-state index in [2.05, 4.69) is 5.32 Å². The summed E-state index contributed by atoms with van der Waals surface area (Å²) in [5.41, 5.74) is 0.404. The van der Waals surface area contributed by atoms with Crippen LogP contribution in [-0.2, 0) is 14.8 Å². The van der Waals surface area contributed by atoms with E-state index < -0.39 is 10.0 Å². The summed E-state index contributed by atoms with van der Waals surface area (Å²) in [6.45, 7) is 2.04. The first kappa shape index (κ1) is 20.6. The van der Waals surface area contributed by atoms with E-state index in [4.69, 9.17) is 21.1 Å². The van der Waals surface area contributed by atoms with Gasteiger partial charge in [-0.25, -0.2) is 8.42 Å². The van der Waals surface area contributed by atoms with Crippen molar-refractivity contribution >= 4 is 27.5 Å². The molecule has 2 aromatic carbocycles. The molecule has 0 saturated carbocycles. The fourth-order valence-corrected chi connectivity index (χ4v) is 4.35. The number of nitrogens with one attached hydrogen (secondary N) is 1. The number of ether oxygens (including phenoxy) is 2. The van der Waals surface area contributed by atoms with Crippen LogP contribution in [0.25, 0.3) is 0 Å². The van der Waals surface area contributed by atoms with Crippen LogP contribution in [0.1, 0.15) is 10.4 Å². The lowest BCUT2D eigenvalue weighted by Crippen LogP contribution is -2.40. The van der Waals surface area contributed by atoms with Crippen molar-refractivity contribution in [1.82, 2.24) is 9.62 Å². The van der Waals surface area contributed by atoms with Crippen molar-refractivity contribution in [1.29, 1.82) is 0 Å². The van der Waals surface area contributed by atoms with Crippen molar-refractivity contribution in [2.24, 2.45) is 0 Å². The highest BCUT2D eigenvalue weighted by Gasteiger charge is 2.26. The third kappa shape index (κ3) is 5.02. The first-order valence-corrected chi connectivity index (χ1v) is 10.6. The molecule has 28 heavy (non-hydrogen) atoms. The molecule has 0 bridgehead atoms. The SMILES string of the molecule is O=C(NCCOc1ccc(S(=O)(=O)N2CCOCC2)cc1)c1ccccc1Cl. The molecular formula is C19H21ClN2O5S. The Balaban J connectivity index is 1.49. The van der Waals surface area contributed by atoms with E-state index in [0.717, 1.165) is 0 Å². The predicted octanol–water partition coefficient (Wildman–Crippen LogP) is 2.17. The van der Waals surface area contributed by atoms with Gasteiger partial charge < -0.3 is 14.8 Å². The van der Waals surface area contributed by atoms with Crippen LogP contribution in [0.5, 0.6) is 5.75 Å².